The van der Waals surface area contributed by atoms with E-state index in [1.165, 1.54) is 0 Å². The van der Waals surface area contributed by atoms with Crippen LogP contribution in [0.2, 0.25) is 0 Å². The van der Waals surface area contributed by atoms with Crippen LogP contribution in [-0.2, 0) is 6.18 Å². The molecule has 0 bridgehead atoms. The largest absolute Gasteiger partial charge is 0.418 e. The quantitative estimate of drug-likeness (QED) is 0.596. The third-order valence-electron chi connectivity index (χ3n) is 3.07. The Hall–Kier alpha value is -1.83. The summed E-state index contributed by atoms with van der Waals surface area (Å²) >= 11 is 0. The number of nitro benzene ring substituents is 1. The zero-order chi connectivity index (χ0) is 16.0. The molecule has 1 aromatic carbocycles. The second-order valence-electron chi connectivity index (χ2n) is 4.70. The summed E-state index contributed by atoms with van der Waals surface area (Å²) in [5.74, 6) is 0. The van der Waals surface area contributed by atoms with E-state index in [1.807, 2.05) is 6.92 Å². The highest BCUT2D eigenvalue weighted by molar-refractivity contribution is 5.58. The zero-order valence-corrected chi connectivity index (χ0v) is 11.6. The Balaban J connectivity index is 3.07. The summed E-state index contributed by atoms with van der Waals surface area (Å²) in [4.78, 5) is 9.76. The normalized spacial score (nSPS) is 13.0. The molecule has 3 N–H and O–H groups in total. The number of anilines is 1. The lowest BCUT2D eigenvalue weighted by atomic mass is 10.1. The van der Waals surface area contributed by atoms with E-state index in [-0.39, 0.29) is 18.3 Å². The fourth-order valence-corrected chi connectivity index (χ4v) is 1.93. The van der Waals surface area contributed by atoms with Gasteiger partial charge in [0.15, 0.2) is 0 Å². The first-order valence-corrected chi connectivity index (χ1v) is 6.61. The molecule has 0 aliphatic carbocycles. The lowest BCUT2D eigenvalue weighted by Gasteiger charge is -2.21. The topological polar surface area (TPSA) is 81.2 Å². The average Bonchev–Trinajstić information content (AvgIpc) is 2.42. The molecule has 0 aromatic heterocycles. The molecule has 0 radical (unpaired) electrons. The number of nitrogens with zero attached hydrogens (tertiary/aromatic N) is 1. The predicted octanol–water partition coefficient (Wildman–Crippen LogP) is 3.54. The number of benzene rings is 1. The van der Waals surface area contributed by atoms with Gasteiger partial charge < -0.3 is 11.1 Å². The van der Waals surface area contributed by atoms with Gasteiger partial charge in [-0.3, -0.25) is 10.1 Å². The minimum atomic E-state index is -4.67. The first kappa shape index (κ1) is 17.2. The molecule has 0 aliphatic heterocycles. The second-order valence-corrected chi connectivity index (χ2v) is 4.70. The van der Waals surface area contributed by atoms with Crippen LogP contribution >= 0.6 is 0 Å². The maximum Gasteiger partial charge on any atom is 0.418 e. The number of nitrogens with one attached hydrogen (secondary N) is 1. The van der Waals surface area contributed by atoms with Crippen LogP contribution in [0.5, 0.6) is 0 Å². The van der Waals surface area contributed by atoms with E-state index in [4.69, 9.17) is 5.73 Å². The molecule has 0 saturated carbocycles. The van der Waals surface area contributed by atoms with Gasteiger partial charge in [-0.05, 0) is 12.5 Å². The van der Waals surface area contributed by atoms with Gasteiger partial charge in [-0.15, -0.1) is 0 Å². The molecule has 0 spiro atoms. The minimum Gasteiger partial charge on any atom is -0.381 e. The number of nitrogens with two attached hydrogens (primary N) is 1. The number of hydrogen-bond donors (Lipinski definition) is 2. The number of unbranched alkanes of at least 4 members (excludes halogenated alkanes) is 1. The molecular formula is C13H18F3N3O2. The molecule has 1 unspecified atom stereocenters. The number of halogens is 3. The zero-order valence-electron chi connectivity index (χ0n) is 11.6. The first-order valence-electron chi connectivity index (χ1n) is 6.61. The van der Waals surface area contributed by atoms with Gasteiger partial charge in [0.1, 0.15) is 0 Å². The van der Waals surface area contributed by atoms with Gasteiger partial charge in [-0.25, -0.2) is 0 Å². The smallest absolute Gasteiger partial charge is 0.381 e. The monoisotopic (exact) mass is 305 g/mol. The van der Waals surface area contributed by atoms with Gasteiger partial charge >= 0.3 is 6.18 Å². The Bertz CT molecular complexity index is 492. The van der Waals surface area contributed by atoms with Gasteiger partial charge in [0.25, 0.3) is 5.69 Å². The van der Waals surface area contributed by atoms with Crippen molar-refractivity contribution in [1.29, 1.82) is 0 Å². The van der Waals surface area contributed by atoms with Gasteiger partial charge in [0.2, 0.25) is 0 Å². The molecule has 1 aromatic rings. The number of non-ortho nitro benzene ring substituents is 1. The van der Waals surface area contributed by atoms with Crippen LogP contribution in [0.15, 0.2) is 18.2 Å². The Kier molecular flexibility index (Phi) is 5.95. The van der Waals surface area contributed by atoms with Crippen LogP contribution in [0, 0.1) is 10.1 Å². The number of rotatable bonds is 7. The standard InChI is InChI=1S/C13H18F3N3O2/c1-2-3-4-9(8-17)18-12-6-5-10(19(20)21)7-11(12)13(14,15)16/h5-7,9,18H,2-4,8,17H2,1H3. The Labute approximate surface area is 120 Å². The van der Waals surface area contributed by atoms with E-state index in [0.29, 0.717) is 12.5 Å². The number of hydrogen-bond acceptors (Lipinski definition) is 4. The van der Waals surface area contributed by atoms with Crippen LogP contribution < -0.4 is 11.1 Å². The molecule has 0 fully saturated rings. The van der Waals surface area contributed by atoms with Crippen molar-refractivity contribution >= 4 is 11.4 Å². The highest BCUT2D eigenvalue weighted by atomic mass is 19.4. The van der Waals surface area contributed by atoms with Crippen molar-refractivity contribution in [3.8, 4) is 0 Å². The Morgan fingerprint density at radius 2 is 2.10 bits per heavy atom. The third kappa shape index (κ3) is 4.89. The van der Waals surface area contributed by atoms with Crippen molar-refractivity contribution in [3.05, 3.63) is 33.9 Å². The number of alkyl halides is 3. The molecule has 0 amide bonds. The predicted molar refractivity (Wildman–Crippen MR) is 74.1 cm³/mol. The van der Waals surface area contributed by atoms with Gasteiger partial charge in [-0.1, -0.05) is 19.8 Å². The van der Waals surface area contributed by atoms with Gasteiger partial charge in [0, 0.05) is 30.4 Å². The third-order valence-corrected chi connectivity index (χ3v) is 3.07. The number of nitro groups is 1. The highest BCUT2D eigenvalue weighted by Gasteiger charge is 2.35. The maximum atomic E-state index is 13.0. The fraction of sp³-hybridized carbons (Fsp3) is 0.538. The van der Waals surface area contributed by atoms with Crippen molar-refractivity contribution in [2.45, 2.75) is 38.4 Å². The fourth-order valence-electron chi connectivity index (χ4n) is 1.93. The SMILES string of the molecule is CCCCC(CN)Nc1ccc([N+](=O)[O-])cc1C(F)(F)F. The van der Waals surface area contributed by atoms with Crippen LogP contribution in [0.3, 0.4) is 0 Å². The van der Waals surface area contributed by atoms with Crippen LogP contribution in [0.4, 0.5) is 24.5 Å². The van der Waals surface area contributed by atoms with Crippen molar-refractivity contribution < 1.29 is 18.1 Å². The summed E-state index contributed by atoms with van der Waals surface area (Å²) in [5.41, 5.74) is 3.72. The molecular weight excluding hydrogens is 287 g/mol. The van der Waals surface area contributed by atoms with Crippen LogP contribution in [-0.4, -0.2) is 17.5 Å². The minimum absolute atomic E-state index is 0.181. The average molecular weight is 305 g/mol. The molecule has 0 aliphatic rings. The van der Waals surface area contributed by atoms with E-state index in [9.17, 15) is 23.3 Å². The molecule has 0 saturated heterocycles. The van der Waals surface area contributed by atoms with Crippen molar-refractivity contribution in [2.75, 3.05) is 11.9 Å². The van der Waals surface area contributed by atoms with Crippen molar-refractivity contribution in [2.24, 2.45) is 5.73 Å². The van der Waals surface area contributed by atoms with E-state index >= 15 is 0 Å². The van der Waals surface area contributed by atoms with Crippen molar-refractivity contribution in [3.63, 3.8) is 0 Å². The highest BCUT2D eigenvalue weighted by Crippen LogP contribution is 2.37. The summed E-state index contributed by atoms with van der Waals surface area (Å²) in [7, 11) is 0. The molecule has 118 valence electrons. The van der Waals surface area contributed by atoms with E-state index < -0.39 is 22.4 Å². The molecule has 0 heterocycles. The summed E-state index contributed by atoms with van der Waals surface area (Å²) < 4.78 is 39.0. The van der Waals surface area contributed by atoms with Crippen LogP contribution in [0.25, 0.3) is 0 Å². The van der Waals surface area contributed by atoms with E-state index in [1.54, 1.807) is 0 Å². The second kappa shape index (κ2) is 7.26. The van der Waals surface area contributed by atoms with Crippen LogP contribution in [0.1, 0.15) is 31.7 Å². The summed E-state index contributed by atoms with van der Waals surface area (Å²) in [6.07, 6.45) is -2.28. The summed E-state index contributed by atoms with van der Waals surface area (Å²) in [6.45, 7) is 2.16. The summed E-state index contributed by atoms with van der Waals surface area (Å²) in [6, 6.07) is 2.36. The van der Waals surface area contributed by atoms with Crippen molar-refractivity contribution in [1.82, 2.24) is 0 Å². The van der Waals surface area contributed by atoms with E-state index in [0.717, 1.165) is 25.0 Å². The Morgan fingerprint density at radius 3 is 2.57 bits per heavy atom. The van der Waals surface area contributed by atoms with E-state index in [2.05, 4.69) is 5.32 Å². The van der Waals surface area contributed by atoms with Gasteiger partial charge in [-0.2, -0.15) is 13.2 Å². The maximum absolute atomic E-state index is 13.0. The molecule has 21 heavy (non-hydrogen) atoms. The summed E-state index contributed by atoms with van der Waals surface area (Å²) in [5, 5.41) is 13.3. The molecule has 1 rings (SSSR count). The molecule has 8 heteroatoms. The lowest BCUT2D eigenvalue weighted by Crippen LogP contribution is -2.29. The lowest BCUT2D eigenvalue weighted by molar-refractivity contribution is -0.385. The molecule has 5 nitrogen and oxygen atoms in total. The first-order chi connectivity index (χ1) is 9.79. The van der Waals surface area contributed by atoms with Gasteiger partial charge in [0.05, 0.1) is 10.5 Å². The molecule has 1 atom stereocenters. The Morgan fingerprint density at radius 1 is 1.43 bits per heavy atom.